The zero-order chi connectivity index (χ0) is 16.6. The summed E-state index contributed by atoms with van der Waals surface area (Å²) in [4.78, 5) is 34.7. The summed E-state index contributed by atoms with van der Waals surface area (Å²) in [5.41, 5.74) is 0.101. The highest BCUT2D eigenvalue weighted by Gasteiger charge is 2.28. The first kappa shape index (κ1) is 15.6. The molecule has 0 bridgehead atoms. The van der Waals surface area contributed by atoms with Crippen LogP contribution < -0.4 is 10.9 Å². The minimum atomic E-state index is -0.426. The van der Waals surface area contributed by atoms with Gasteiger partial charge < -0.3 is 9.84 Å². The number of ether oxygens (including phenoxy) is 1. The van der Waals surface area contributed by atoms with Crippen LogP contribution in [-0.2, 0) is 9.53 Å². The number of aromatic nitrogens is 4. The molecule has 1 aliphatic rings. The molecular weight excluding hydrogens is 302 g/mol. The van der Waals surface area contributed by atoms with Crippen molar-refractivity contribution in [3.05, 3.63) is 16.7 Å². The summed E-state index contributed by atoms with van der Waals surface area (Å²) >= 11 is 0. The van der Waals surface area contributed by atoms with E-state index in [-0.39, 0.29) is 42.2 Å². The van der Waals surface area contributed by atoms with Crippen molar-refractivity contribution in [3.8, 4) is 0 Å². The number of aromatic amines is 1. The van der Waals surface area contributed by atoms with Crippen molar-refractivity contribution < 1.29 is 14.6 Å². The maximum Gasteiger partial charge on any atom is 0.280 e. The quantitative estimate of drug-likeness (QED) is 0.748. The molecule has 0 aliphatic carbocycles. The molecule has 0 spiro atoms. The van der Waals surface area contributed by atoms with Crippen LogP contribution in [0.1, 0.15) is 32.9 Å². The van der Waals surface area contributed by atoms with Crippen molar-refractivity contribution in [2.75, 3.05) is 11.9 Å². The van der Waals surface area contributed by atoms with Crippen molar-refractivity contribution >= 4 is 23.0 Å². The topological polar surface area (TPSA) is 122 Å². The third kappa shape index (κ3) is 2.97. The zero-order valence-electron chi connectivity index (χ0n) is 12.9. The van der Waals surface area contributed by atoms with Crippen molar-refractivity contribution in [1.82, 2.24) is 19.5 Å². The molecule has 3 rings (SSSR count). The van der Waals surface area contributed by atoms with Gasteiger partial charge in [-0.3, -0.25) is 24.5 Å². The van der Waals surface area contributed by atoms with Crippen LogP contribution in [0.2, 0.25) is 0 Å². The zero-order valence-corrected chi connectivity index (χ0v) is 12.9. The molecule has 2 aromatic rings. The van der Waals surface area contributed by atoms with E-state index in [0.29, 0.717) is 12.1 Å². The molecule has 3 N–H and O–H groups in total. The lowest BCUT2D eigenvalue weighted by Crippen LogP contribution is -2.22. The van der Waals surface area contributed by atoms with Gasteiger partial charge in [0.05, 0.1) is 19.0 Å². The monoisotopic (exact) mass is 321 g/mol. The van der Waals surface area contributed by atoms with Gasteiger partial charge in [-0.15, -0.1) is 0 Å². The number of H-pyrrole nitrogens is 1. The molecule has 0 radical (unpaired) electrons. The normalized spacial score (nSPS) is 21.2. The van der Waals surface area contributed by atoms with Gasteiger partial charge in [0.15, 0.2) is 11.2 Å². The number of amides is 1. The molecule has 1 saturated heterocycles. The van der Waals surface area contributed by atoms with Gasteiger partial charge in [0.1, 0.15) is 6.23 Å². The van der Waals surface area contributed by atoms with E-state index in [9.17, 15) is 9.59 Å². The molecule has 0 aromatic carbocycles. The van der Waals surface area contributed by atoms with Crippen molar-refractivity contribution in [3.63, 3.8) is 0 Å². The first-order chi connectivity index (χ1) is 11.0. The highest BCUT2D eigenvalue weighted by molar-refractivity contribution is 5.91. The Hall–Kier alpha value is -2.26. The molecule has 2 atom stereocenters. The third-order valence-corrected chi connectivity index (χ3v) is 3.80. The van der Waals surface area contributed by atoms with Crippen molar-refractivity contribution in [2.24, 2.45) is 5.92 Å². The van der Waals surface area contributed by atoms with Gasteiger partial charge in [0.25, 0.3) is 5.56 Å². The number of hydrogen-bond acceptors (Lipinski definition) is 6. The second kappa shape index (κ2) is 6.09. The van der Waals surface area contributed by atoms with Crippen LogP contribution in [0, 0.1) is 5.92 Å². The molecular formula is C14H19N5O4. The highest BCUT2D eigenvalue weighted by atomic mass is 16.5. The maximum absolute atomic E-state index is 12.1. The SMILES string of the molecule is CC(C)C(=O)Nc1nc2c(ncn2C2CC[C@@H](CO)O2)c(=O)[nH]1. The molecule has 1 fully saturated rings. The van der Waals surface area contributed by atoms with Crippen molar-refractivity contribution in [2.45, 2.75) is 39.0 Å². The first-order valence-electron chi connectivity index (χ1n) is 7.53. The van der Waals surface area contributed by atoms with Gasteiger partial charge in [-0.05, 0) is 12.8 Å². The number of carbonyl (C=O) groups is 1. The standard InChI is InChI=1S/C14H19N5O4/c1-7(2)12(21)17-14-16-11-10(13(22)18-14)15-6-19(11)9-4-3-8(5-20)23-9/h6-9,20H,3-5H2,1-2H3,(H2,16,17,18,21,22)/t8-,9?/m0/s1. The maximum atomic E-state index is 12.1. The number of nitrogens with one attached hydrogen (secondary N) is 2. The van der Waals surface area contributed by atoms with Crippen LogP contribution >= 0.6 is 0 Å². The van der Waals surface area contributed by atoms with Crippen molar-refractivity contribution in [1.29, 1.82) is 0 Å². The molecule has 23 heavy (non-hydrogen) atoms. The van der Waals surface area contributed by atoms with E-state index in [1.165, 1.54) is 6.33 Å². The fourth-order valence-electron chi connectivity index (χ4n) is 2.48. The largest absolute Gasteiger partial charge is 0.394 e. The average molecular weight is 321 g/mol. The summed E-state index contributed by atoms with van der Waals surface area (Å²) in [6.07, 6.45) is 2.35. The summed E-state index contributed by atoms with van der Waals surface area (Å²) in [5, 5.41) is 11.7. The minimum Gasteiger partial charge on any atom is -0.394 e. The number of aliphatic hydroxyl groups excluding tert-OH is 1. The number of imidazole rings is 1. The fraction of sp³-hybridized carbons (Fsp3) is 0.571. The minimum absolute atomic E-state index is 0.0488. The molecule has 1 unspecified atom stereocenters. The average Bonchev–Trinajstić information content (AvgIpc) is 3.12. The number of anilines is 1. The van der Waals surface area contributed by atoms with Crippen LogP contribution in [0.25, 0.3) is 11.2 Å². The molecule has 1 aliphatic heterocycles. The van der Waals surface area contributed by atoms with E-state index < -0.39 is 5.56 Å². The number of rotatable bonds is 4. The van der Waals surface area contributed by atoms with E-state index >= 15 is 0 Å². The summed E-state index contributed by atoms with van der Waals surface area (Å²) in [6, 6.07) is 0. The van der Waals surface area contributed by atoms with Gasteiger partial charge in [0.2, 0.25) is 11.9 Å². The lowest BCUT2D eigenvalue weighted by Gasteiger charge is -2.14. The Morgan fingerprint density at radius 3 is 3.00 bits per heavy atom. The molecule has 124 valence electrons. The Morgan fingerprint density at radius 2 is 2.35 bits per heavy atom. The Bertz CT molecular complexity index is 781. The Morgan fingerprint density at radius 1 is 1.57 bits per heavy atom. The smallest absolute Gasteiger partial charge is 0.280 e. The van der Waals surface area contributed by atoms with Gasteiger partial charge in [-0.25, -0.2) is 4.98 Å². The van der Waals surface area contributed by atoms with E-state index in [1.54, 1.807) is 18.4 Å². The van der Waals surface area contributed by atoms with Gasteiger partial charge in [-0.1, -0.05) is 13.8 Å². The number of fused-ring (bicyclic) bond motifs is 1. The van der Waals surface area contributed by atoms with Crippen LogP contribution in [-0.4, -0.2) is 43.2 Å². The summed E-state index contributed by atoms with van der Waals surface area (Å²) in [7, 11) is 0. The van der Waals surface area contributed by atoms with Gasteiger partial charge >= 0.3 is 0 Å². The molecule has 1 amide bonds. The Kier molecular flexibility index (Phi) is 4.14. The Balaban J connectivity index is 1.96. The Labute approximate surface area is 131 Å². The van der Waals surface area contributed by atoms with E-state index in [4.69, 9.17) is 9.84 Å². The highest BCUT2D eigenvalue weighted by Crippen LogP contribution is 2.29. The summed E-state index contributed by atoms with van der Waals surface area (Å²) in [5.74, 6) is -0.389. The molecule has 2 aromatic heterocycles. The summed E-state index contributed by atoms with van der Waals surface area (Å²) < 4.78 is 7.35. The molecule has 0 saturated carbocycles. The van der Waals surface area contributed by atoms with Gasteiger partial charge in [-0.2, -0.15) is 4.98 Å². The van der Waals surface area contributed by atoms with Gasteiger partial charge in [0, 0.05) is 5.92 Å². The fourth-order valence-corrected chi connectivity index (χ4v) is 2.48. The number of aliphatic hydroxyl groups is 1. The first-order valence-corrected chi connectivity index (χ1v) is 7.53. The molecule has 9 nitrogen and oxygen atoms in total. The number of nitrogens with zero attached hydrogens (tertiary/aromatic N) is 3. The summed E-state index contributed by atoms with van der Waals surface area (Å²) in [6.45, 7) is 3.45. The second-order valence-corrected chi connectivity index (χ2v) is 5.86. The lowest BCUT2D eigenvalue weighted by molar-refractivity contribution is -0.118. The number of hydrogen-bond donors (Lipinski definition) is 3. The van der Waals surface area contributed by atoms with E-state index in [1.807, 2.05) is 0 Å². The lowest BCUT2D eigenvalue weighted by atomic mass is 10.2. The van der Waals surface area contributed by atoms with E-state index in [0.717, 1.165) is 6.42 Å². The second-order valence-electron chi connectivity index (χ2n) is 5.86. The van der Waals surface area contributed by atoms with Crippen LogP contribution in [0.3, 0.4) is 0 Å². The van der Waals surface area contributed by atoms with Crippen LogP contribution in [0.4, 0.5) is 5.95 Å². The van der Waals surface area contributed by atoms with Crippen LogP contribution in [0.5, 0.6) is 0 Å². The predicted molar refractivity (Wildman–Crippen MR) is 81.8 cm³/mol. The predicted octanol–water partition coefficient (Wildman–Crippen LogP) is 0.384. The third-order valence-electron chi connectivity index (χ3n) is 3.80. The molecule has 3 heterocycles. The molecule has 9 heteroatoms. The number of carbonyl (C=O) groups excluding carboxylic acids is 1. The van der Waals surface area contributed by atoms with Crippen LogP contribution in [0.15, 0.2) is 11.1 Å². The van der Waals surface area contributed by atoms with E-state index in [2.05, 4.69) is 20.3 Å².